The molecule has 19 heavy (non-hydrogen) atoms. The number of rotatable bonds is 3. The van der Waals surface area contributed by atoms with Crippen LogP contribution in [0.5, 0.6) is 0 Å². The summed E-state index contributed by atoms with van der Waals surface area (Å²) in [5, 5.41) is 11.1. The topological polar surface area (TPSA) is 80.5 Å². The van der Waals surface area contributed by atoms with Gasteiger partial charge in [-0.05, 0) is 43.9 Å². The minimum atomic E-state index is -3.76. The van der Waals surface area contributed by atoms with Crippen LogP contribution >= 0.6 is 0 Å². The molecule has 1 heterocycles. The van der Waals surface area contributed by atoms with E-state index in [-0.39, 0.29) is 10.6 Å². The number of aryl methyl sites for hydroxylation is 2. The summed E-state index contributed by atoms with van der Waals surface area (Å²) in [5.74, 6) is 0. The lowest BCUT2D eigenvalue weighted by Crippen LogP contribution is -2.28. The Labute approximate surface area is 112 Å². The van der Waals surface area contributed by atoms with E-state index >= 15 is 0 Å². The molecule has 1 aromatic rings. The van der Waals surface area contributed by atoms with E-state index in [2.05, 4.69) is 0 Å². The molecule has 7 heteroatoms. The highest BCUT2D eigenvalue weighted by Gasteiger charge is 2.33. The first-order valence-electron chi connectivity index (χ1n) is 6.10. The van der Waals surface area contributed by atoms with Crippen LogP contribution in [0, 0.1) is 24.0 Å². The molecule has 0 radical (unpaired) electrons. The molecule has 1 aromatic carbocycles. The van der Waals surface area contributed by atoms with E-state index in [0.717, 1.165) is 18.4 Å². The Morgan fingerprint density at radius 3 is 2.21 bits per heavy atom. The highest BCUT2D eigenvalue weighted by Crippen LogP contribution is 2.31. The van der Waals surface area contributed by atoms with Gasteiger partial charge >= 0.3 is 0 Å². The third-order valence-corrected chi connectivity index (χ3v) is 5.38. The van der Waals surface area contributed by atoms with Gasteiger partial charge in [0.15, 0.2) is 4.90 Å². The predicted molar refractivity (Wildman–Crippen MR) is 70.6 cm³/mol. The molecule has 0 N–H and O–H groups in total. The number of hydrogen-bond acceptors (Lipinski definition) is 4. The molecule has 104 valence electrons. The maximum atomic E-state index is 12.4. The molecule has 0 amide bonds. The number of sulfonamides is 1. The van der Waals surface area contributed by atoms with Crippen molar-refractivity contribution in [3.8, 4) is 0 Å². The Morgan fingerprint density at radius 2 is 1.68 bits per heavy atom. The van der Waals surface area contributed by atoms with E-state index in [1.165, 1.54) is 16.4 Å². The van der Waals surface area contributed by atoms with Crippen LogP contribution in [-0.4, -0.2) is 30.7 Å². The zero-order chi connectivity index (χ0) is 14.2. The standard InChI is InChI=1S/C12H16N2O4S/c1-9-7-11(14(15)16)12(8-10(9)2)19(17,18)13-5-3-4-6-13/h7-8H,3-6H2,1-2H3. The second-order valence-corrected chi connectivity index (χ2v) is 6.68. The molecule has 0 bridgehead atoms. The molecule has 0 unspecified atom stereocenters. The average Bonchev–Trinajstić information content (AvgIpc) is 2.85. The van der Waals surface area contributed by atoms with Gasteiger partial charge in [-0.15, -0.1) is 0 Å². The maximum Gasteiger partial charge on any atom is 0.289 e. The summed E-state index contributed by atoms with van der Waals surface area (Å²) in [6.45, 7) is 4.36. The third-order valence-electron chi connectivity index (χ3n) is 3.45. The van der Waals surface area contributed by atoms with Crippen LogP contribution in [0.3, 0.4) is 0 Å². The molecular weight excluding hydrogens is 268 g/mol. The molecule has 1 saturated heterocycles. The van der Waals surface area contributed by atoms with Crippen molar-refractivity contribution in [3.05, 3.63) is 33.4 Å². The fourth-order valence-corrected chi connectivity index (χ4v) is 3.93. The first-order chi connectivity index (χ1) is 8.84. The van der Waals surface area contributed by atoms with E-state index in [9.17, 15) is 18.5 Å². The van der Waals surface area contributed by atoms with E-state index in [0.29, 0.717) is 18.7 Å². The molecule has 1 fully saturated rings. The van der Waals surface area contributed by atoms with Crippen molar-refractivity contribution in [3.63, 3.8) is 0 Å². The monoisotopic (exact) mass is 284 g/mol. The average molecular weight is 284 g/mol. The summed E-state index contributed by atoms with van der Waals surface area (Å²) in [4.78, 5) is 10.2. The van der Waals surface area contributed by atoms with Crippen LogP contribution in [0.2, 0.25) is 0 Å². The highest BCUT2D eigenvalue weighted by molar-refractivity contribution is 7.89. The number of benzene rings is 1. The summed E-state index contributed by atoms with van der Waals surface area (Å²) in [6.07, 6.45) is 1.61. The van der Waals surface area contributed by atoms with E-state index in [4.69, 9.17) is 0 Å². The smallest absolute Gasteiger partial charge is 0.258 e. The summed E-state index contributed by atoms with van der Waals surface area (Å²) in [7, 11) is -3.76. The molecular formula is C12H16N2O4S. The van der Waals surface area contributed by atoms with E-state index < -0.39 is 14.9 Å². The number of hydrogen-bond donors (Lipinski definition) is 0. The van der Waals surface area contributed by atoms with Crippen molar-refractivity contribution in [1.82, 2.24) is 4.31 Å². The number of nitro benzene ring substituents is 1. The second-order valence-electron chi connectivity index (χ2n) is 4.77. The van der Waals surface area contributed by atoms with Crippen LogP contribution < -0.4 is 0 Å². The van der Waals surface area contributed by atoms with Gasteiger partial charge in [0.1, 0.15) is 0 Å². The molecule has 0 spiro atoms. The predicted octanol–water partition coefficient (Wildman–Crippen LogP) is 2.00. The van der Waals surface area contributed by atoms with Gasteiger partial charge in [0.2, 0.25) is 10.0 Å². The first-order valence-corrected chi connectivity index (χ1v) is 7.54. The summed E-state index contributed by atoms with van der Waals surface area (Å²) in [5.41, 5.74) is 1.12. The lowest BCUT2D eigenvalue weighted by Gasteiger charge is -2.16. The SMILES string of the molecule is Cc1cc([N+](=O)[O-])c(S(=O)(=O)N2CCCC2)cc1C. The van der Waals surface area contributed by atoms with Crippen molar-refractivity contribution < 1.29 is 13.3 Å². The number of nitrogens with zero attached hydrogens (tertiary/aromatic N) is 2. The van der Waals surface area contributed by atoms with Gasteiger partial charge in [-0.2, -0.15) is 4.31 Å². The molecule has 2 rings (SSSR count). The molecule has 0 saturated carbocycles. The summed E-state index contributed by atoms with van der Waals surface area (Å²) in [6, 6.07) is 2.74. The molecule has 1 aliphatic rings. The van der Waals surface area contributed by atoms with Gasteiger partial charge in [-0.1, -0.05) is 0 Å². The van der Waals surface area contributed by atoms with Crippen LogP contribution in [0.25, 0.3) is 0 Å². The highest BCUT2D eigenvalue weighted by atomic mass is 32.2. The van der Waals surface area contributed by atoms with Gasteiger partial charge in [-0.3, -0.25) is 10.1 Å². The molecule has 1 aliphatic heterocycles. The van der Waals surface area contributed by atoms with Gasteiger partial charge in [0.05, 0.1) is 4.92 Å². The molecule has 0 atom stereocenters. The lowest BCUT2D eigenvalue weighted by molar-refractivity contribution is -0.387. The number of nitro groups is 1. The Bertz CT molecular complexity index is 619. The first kappa shape index (κ1) is 14.0. The van der Waals surface area contributed by atoms with Crippen LogP contribution in [-0.2, 0) is 10.0 Å². The van der Waals surface area contributed by atoms with Gasteiger partial charge in [0.25, 0.3) is 5.69 Å². The van der Waals surface area contributed by atoms with E-state index in [1.807, 2.05) is 0 Å². The van der Waals surface area contributed by atoms with Gasteiger partial charge in [0, 0.05) is 19.2 Å². The molecule has 0 aromatic heterocycles. The van der Waals surface area contributed by atoms with Crippen LogP contribution in [0.4, 0.5) is 5.69 Å². The van der Waals surface area contributed by atoms with Crippen molar-refractivity contribution in [1.29, 1.82) is 0 Å². The van der Waals surface area contributed by atoms with Gasteiger partial charge < -0.3 is 0 Å². The normalized spacial score (nSPS) is 16.7. The maximum absolute atomic E-state index is 12.4. The Morgan fingerprint density at radius 1 is 1.16 bits per heavy atom. The van der Waals surface area contributed by atoms with Crippen LogP contribution in [0.15, 0.2) is 17.0 Å². The molecule has 6 nitrogen and oxygen atoms in total. The second kappa shape index (κ2) is 4.90. The van der Waals surface area contributed by atoms with Crippen molar-refractivity contribution in [2.45, 2.75) is 31.6 Å². The Balaban J connectivity index is 2.60. The Kier molecular flexibility index (Phi) is 3.60. The van der Waals surface area contributed by atoms with Gasteiger partial charge in [-0.25, -0.2) is 8.42 Å². The summed E-state index contributed by atoms with van der Waals surface area (Å²) >= 11 is 0. The van der Waals surface area contributed by atoms with Crippen molar-refractivity contribution in [2.75, 3.05) is 13.1 Å². The zero-order valence-electron chi connectivity index (χ0n) is 10.9. The fourth-order valence-electron chi connectivity index (χ4n) is 2.19. The lowest BCUT2D eigenvalue weighted by atomic mass is 10.1. The minimum absolute atomic E-state index is 0.192. The van der Waals surface area contributed by atoms with Crippen LogP contribution in [0.1, 0.15) is 24.0 Å². The minimum Gasteiger partial charge on any atom is -0.258 e. The zero-order valence-corrected chi connectivity index (χ0v) is 11.7. The third kappa shape index (κ3) is 2.48. The fraction of sp³-hybridized carbons (Fsp3) is 0.500. The Hall–Kier alpha value is -1.47. The quantitative estimate of drug-likeness (QED) is 0.628. The largest absolute Gasteiger partial charge is 0.289 e. The van der Waals surface area contributed by atoms with Crippen molar-refractivity contribution in [2.24, 2.45) is 0 Å². The van der Waals surface area contributed by atoms with E-state index in [1.54, 1.807) is 13.8 Å². The molecule has 0 aliphatic carbocycles. The summed E-state index contributed by atoms with van der Waals surface area (Å²) < 4.78 is 26.2. The van der Waals surface area contributed by atoms with Crippen molar-refractivity contribution >= 4 is 15.7 Å².